The van der Waals surface area contributed by atoms with Gasteiger partial charge in [-0.2, -0.15) is 4.31 Å². The Morgan fingerprint density at radius 1 is 0.865 bits per heavy atom. The van der Waals surface area contributed by atoms with Crippen molar-refractivity contribution in [2.75, 3.05) is 32.5 Å². The average molecular weight is 544 g/mol. The summed E-state index contributed by atoms with van der Waals surface area (Å²) in [6.45, 7) is 0.330. The molecule has 0 radical (unpaired) electrons. The Balaban J connectivity index is 1.40. The fraction of sp³-hybridized carbons (Fsp3) is 0.269. The van der Waals surface area contributed by atoms with Gasteiger partial charge in [0.2, 0.25) is 26.0 Å². The number of ether oxygens (including phenoxy) is 1. The first kappa shape index (κ1) is 26.8. The van der Waals surface area contributed by atoms with E-state index in [0.29, 0.717) is 30.0 Å². The molecule has 1 amide bonds. The number of piperidine rings is 1. The zero-order valence-electron chi connectivity index (χ0n) is 20.6. The summed E-state index contributed by atoms with van der Waals surface area (Å²) < 4.78 is 59.1. The summed E-state index contributed by atoms with van der Waals surface area (Å²) in [5.41, 5.74) is 0.586. The molecule has 1 fully saturated rings. The number of anilines is 1. The van der Waals surface area contributed by atoms with Crippen molar-refractivity contribution >= 4 is 31.6 Å². The van der Waals surface area contributed by atoms with Crippen molar-refractivity contribution in [1.82, 2.24) is 8.61 Å². The molecule has 11 heteroatoms. The van der Waals surface area contributed by atoms with E-state index in [1.54, 1.807) is 24.3 Å². The third kappa shape index (κ3) is 6.19. The molecule has 3 aromatic carbocycles. The zero-order valence-corrected chi connectivity index (χ0v) is 22.2. The van der Waals surface area contributed by atoms with Gasteiger partial charge < -0.3 is 10.1 Å². The number of rotatable bonds is 8. The predicted molar refractivity (Wildman–Crippen MR) is 140 cm³/mol. The molecular formula is C26H29N3O6S2. The Labute approximate surface area is 217 Å². The first-order valence-electron chi connectivity index (χ1n) is 11.7. The molecule has 1 N–H and O–H groups in total. The van der Waals surface area contributed by atoms with Crippen LogP contribution in [-0.4, -0.2) is 58.5 Å². The lowest BCUT2D eigenvalue weighted by Gasteiger charge is -2.31. The average Bonchev–Trinajstić information content (AvgIpc) is 2.90. The Morgan fingerprint density at radius 3 is 2.08 bits per heavy atom. The van der Waals surface area contributed by atoms with Crippen molar-refractivity contribution in [2.45, 2.75) is 22.6 Å². The van der Waals surface area contributed by atoms with E-state index in [1.165, 1.54) is 42.7 Å². The summed E-state index contributed by atoms with van der Waals surface area (Å²) in [6, 6.07) is 21.4. The smallest absolute Gasteiger partial charge is 0.243 e. The van der Waals surface area contributed by atoms with Gasteiger partial charge in [0.1, 0.15) is 11.5 Å². The normalized spacial score (nSPS) is 16.9. The van der Waals surface area contributed by atoms with E-state index in [4.69, 9.17) is 4.74 Å². The fourth-order valence-corrected chi connectivity index (χ4v) is 6.42. The van der Waals surface area contributed by atoms with Gasteiger partial charge in [-0.05, 0) is 73.5 Å². The van der Waals surface area contributed by atoms with Gasteiger partial charge in [0.25, 0.3) is 0 Å². The predicted octanol–water partition coefficient (Wildman–Crippen LogP) is 3.77. The van der Waals surface area contributed by atoms with Gasteiger partial charge in [-0.15, -0.1) is 0 Å². The number of hydrogen-bond donors (Lipinski definition) is 1. The molecule has 0 bridgehead atoms. The van der Waals surface area contributed by atoms with E-state index in [2.05, 4.69) is 5.32 Å². The highest BCUT2D eigenvalue weighted by Crippen LogP contribution is 2.27. The highest BCUT2D eigenvalue weighted by molar-refractivity contribution is 7.89. The number of carbonyl (C=O) groups is 1. The molecule has 9 nitrogen and oxygen atoms in total. The maximum atomic E-state index is 13.2. The first-order valence-corrected chi connectivity index (χ1v) is 14.6. The topological polar surface area (TPSA) is 113 Å². The van der Waals surface area contributed by atoms with Crippen LogP contribution in [0.5, 0.6) is 11.5 Å². The molecule has 0 saturated carbocycles. The van der Waals surface area contributed by atoms with Gasteiger partial charge in [0, 0.05) is 32.9 Å². The number of nitrogens with one attached hydrogen (secondary N) is 1. The summed E-state index contributed by atoms with van der Waals surface area (Å²) in [5.74, 6) is 0.557. The number of amides is 1. The van der Waals surface area contributed by atoms with Crippen LogP contribution in [0, 0.1) is 5.92 Å². The molecule has 196 valence electrons. The van der Waals surface area contributed by atoms with Crippen molar-refractivity contribution in [1.29, 1.82) is 0 Å². The third-order valence-corrected chi connectivity index (χ3v) is 9.80. The number of carbonyl (C=O) groups excluding carboxylic acids is 1. The Morgan fingerprint density at radius 2 is 1.46 bits per heavy atom. The molecule has 3 aromatic rings. The fourth-order valence-electron chi connectivity index (χ4n) is 3.99. The SMILES string of the molecule is CN(C)S(=O)(=O)c1ccc(S(=O)(=O)N2CCC[C@H](C(=O)Nc3ccc(Oc4ccccc4)cc3)C2)cc1. The van der Waals surface area contributed by atoms with Gasteiger partial charge in [0.05, 0.1) is 15.7 Å². The number of nitrogens with zero attached hydrogens (tertiary/aromatic N) is 2. The van der Waals surface area contributed by atoms with E-state index in [9.17, 15) is 21.6 Å². The number of benzene rings is 3. The van der Waals surface area contributed by atoms with E-state index < -0.39 is 26.0 Å². The molecule has 4 rings (SSSR count). The molecule has 37 heavy (non-hydrogen) atoms. The van der Waals surface area contributed by atoms with Crippen LogP contribution in [0.2, 0.25) is 0 Å². The second kappa shape index (κ2) is 11.0. The summed E-state index contributed by atoms with van der Waals surface area (Å²) >= 11 is 0. The molecule has 1 aliphatic heterocycles. The van der Waals surface area contributed by atoms with Gasteiger partial charge in [0.15, 0.2) is 0 Å². The van der Waals surface area contributed by atoms with Crippen molar-refractivity contribution < 1.29 is 26.4 Å². The van der Waals surface area contributed by atoms with Crippen molar-refractivity contribution in [3.05, 3.63) is 78.9 Å². The van der Waals surface area contributed by atoms with Crippen molar-refractivity contribution in [3.63, 3.8) is 0 Å². The van der Waals surface area contributed by atoms with Crippen LogP contribution in [0.15, 0.2) is 88.7 Å². The minimum absolute atomic E-state index is 0.00698. The number of para-hydroxylation sites is 1. The largest absolute Gasteiger partial charge is 0.457 e. The Bertz CT molecular complexity index is 1440. The quantitative estimate of drug-likeness (QED) is 0.463. The van der Waals surface area contributed by atoms with Gasteiger partial charge in [-0.1, -0.05) is 18.2 Å². The van der Waals surface area contributed by atoms with Crippen LogP contribution in [0.3, 0.4) is 0 Å². The first-order chi connectivity index (χ1) is 17.6. The Hall–Kier alpha value is -3.25. The highest BCUT2D eigenvalue weighted by atomic mass is 32.2. The van der Waals surface area contributed by atoms with Gasteiger partial charge >= 0.3 is 0 Å². The molecule has 1 atom stereocenters. The van der Waals surface area contributed by atoms with Crippen LogP contribution in [0.1, 0.15) is 12.8 Å². The maximum Gasteiger partial charge on any atom is 0.243 e. The minimum Gasteiger partial charge on any atom is -0.457 e. The molecule has 0 unspecified atom stereocenters. The summed E-state index contributed by atoms with van der Waals surface area (Å²) in [7, 11) is -4.74. The van der Waals surface area contributed by atoms with Gasteiger partial charge in [-0.25, -0.2) is 21.1 Å². The van der Waals surface area contributed by atoms with Crippen LogP contribution in [0.25, 0.3) is 0 Å². The molecular weight excluding hydrogens is 514 g/mol. The monoisotopic (exact) mass is 543 g/mol. The maximum absolute atomic E-state index is 13.2. The molecule has 1 aliphatic rings. The molecule has 1 heterocycles. The molecule has 0 aliphatic carbocycles. The lowest BCUT2D eigenvalue weighted by atomic mass is 9.99. The lowest BCUT2D eigenvalue weighted by molar-refractivity contribution is -0.120. The summed E-state index contributed by atoms with van der Waals surface area (Å²) in [5, 5.41) is 2.86. The lowest BCUT2D eigenvalue weighted by Crippen LogP contribution is -2.43. The van der Waals surface area contributed by atoms with E-state index in [0.717, 1.165) is 4.31 Å². The van der Waals surface area contributed by atoms with Crippen LogP contribution < -0.4 is 10.1 Å². The second-order valence-electron chi connectivity index (χ2n) is 8.89. The third-order valence-electron chi connectivity index (χ3n) is 6.10. The second-order valence-corrected chi connectivity index (χ2v) is 13.0. The minimum atomic E-state index is -3.89. The number of sulfonamides is 2. The van der Waals surface area contributed by atoms with Crippen LogP contribution in [-0.2, 0) is 24.8 Å². The number of hydrogen-bond acceptors (Lipinski definition) is 6. The summed E-state index contributed by atoms with van der Waals surface area (Å²) in [4.78, 5) is 12.9. The van der Waals surface area contributed by atoms with E-state index >= 15 is 0 Å². The molecule has 0 aromatic heterocycles. The van der Waals surface area contributed by atoms with E-state index in [1.807, 2.05) is 30.3 Å². The van der Waals surface area contributed by atoms with Crippen LogP contribution >= 0.6 is 0 Å². The van der Waals surface area contributed by atoms with E-state index in [-0.39, 0.29) is 28.8 Å². The zero-order chi connectivity index (χ0) is 26.6. The highest BCUT2D eigenvalue weighted by Gasteiger charge is 2.33. The summed E-state index contributed by atoms with van der Waals surface area (Å²) in [6.07, 6.45) is 1.10. The molecule has 0 spiro atoms. The Kier molecular flexibility index (Phi) is 7.98. The van der Waals surface area contributed by atoms with Crippen LogP contribution in [0.4, 0.5) is 5.69 Å². The molecule has 1 saturated heterocycles. The van der Waals surface area contributed by atoms with Crippen molar-refractivity contribution in [2.24, 2.45) is 5.92 Å². The van der Waals surface area contributed by atoms with Crippen molar-refractivity contribution in [3.8, 4) is 11.5 Å². The standard InChI is InChI=1S/C26H29N3O6S2/c1-28(2)36(31,32)24-14-16-25(17-15-24)37(33,34)29-18-6-7-20(19-29)26(30)27-21-10-12-23(13-11-21)35-22-8-4-3-5-9-22/h3-5,8-17,20H,6-7,18-19H2,1-2H3,(H,27,30)/t20-/m0/s1. The van der Waals surface area contributed by atoms with Gasteiger partial charge in [-0.3, -0.25) is 4.79 Å².